The van der Waals surface area contributed by atoms with E-state index >= 15 is 0 Å². The molecule has 0 atom stereocenters. The highest BCUT2D eigenvalue weighted by Gasteiger charge is 2.07. The van der Waals surface area contributed by atoms with Crippen LogP contribution < -0.4 is 0 Å². The Bertz CT molecular complexity index is 523. The molecule has 76 valence electrons. The number of aryl methyl sites for hydroxylation is 1. The maximum Gasteiger partial charge on any atom is 0.309 e. The van der Waals surface area contributed by atoms with Gasteiger partial charge in [0, 0.05) is 17.3 Å². The van der Waals surface area contributed by atoms with Crippen LogP contribution in [-0.4, -0.2) is 21.0 Å². The third-order valence-corrected chi connectivity index (χ3v) is 2.14. The van der Waals surface area contributed by atoms with Gasteiger partial charge in [-0.1, -0.05) is 6.07 Å². The zero-order valence-corrected chi connectivity index (χ0v) is 8.27. The molecule has 2 aromatic heterocycles. The molecule has 0 aliphatic heterocycles. The summed E-state index contributed by atoms with van der Waals surface area (Å²) < 4.78 is 0. The van der Waals surface area contributed by atoms with Gasteiger partial charge in [-0.2, -0.15) is 0 Å². The first kappa shape index (κ1) is 9.58. The van der Waals surface area contributed by atoms with E-state index < -0.39 is 5.97 Å². The summed E-state index contributed by atoms with van der Waals surface area (Å²) in [6, 6.07) is 5.64. The third kappa shape index (κ3) is 1.93. The van der Waals surface area contributed by atoms with Gasteiger partial charge in [0.2, 0.25) is 0 Å². The second kappa shape index (κ2) is 3.65. The number of pyridine rings is 2. The number of hydrogen-bond acceptors (Lipinski definition) is 3. The van der Waals surface area contributed by atoms with Crippen molar-refractivity contribution < 1.29 is 9.90 Å². The number of nitrogens with zero attached hydrogens (tertiary/aromatic N) is 2. The Labute approximate surface area is 86.6 Å². The van der Waals surface area contributed by atoms with Crippen LogP contribution in [0.15, 0.2) is 24.4 Å². The number of aromatic nitrogens is 2. The number of rotatable bonds is 2. The van der Waals surface area contributed by atoms with Gasteiger partial charge in [0.25, 0.3) is 0 Å². The van der Waals surface area contributed by atoms with Gasteiger partial charge in [-0.25, -0.2) is 0 Å². The fourth-order valence-corrected chi connectivity index (χ4v) is 1.47. The van der Waals surface area contributed by atoms with Crippen molar-refractivity contribution in [3.05, 3.63) is 35.8 Å². The van der Waals surface area contributed by atoms with E-state index in [4.69, 9.17) is 5.11 Å². The van der Waals surface area contributed by atoms with E-state index in [0.717, 1.165) is 11.1 Å². The molecule has 0 fully saturated rings. The number of carbonyl (C=O) groups is 1. The van der Waals surface area contributed by atoms with E-state index in [1.54, 1.807) is 6.20 Å². The summed E-state index contributed by atoms with van der Waals surface area (Å²) in [5.41, 5.74) is 2.06. The van der Waals surface area contributed by atoms with E-state index in [2.05, 4.69) is 9.97 Å². The first-order valence-electron chi connectivity index (χ1n) is 4.60. The molecule has 0 unspecified atom stereocenters. The van der Waals surface area contributed by atoms with Crippen molar-refractivity contribution in [2.75, 3.05) is 0 Å². The Morgan fingerprint density at radius 2 is 2.20 bits per heavy atom. The number of aliphatic carboxylic acids is 1. The van der Waals surface area contributed by atoms with E-state index in [1.807, 2.05) is 25.1 Å². The molecule has 0 aliphatic rings. The zero-order chi connectivity index (χ0) is 10.8. The minimum atomic E-state index is -0.890. The van der Waals surface area contributed by atoms with Gasteiger partial charge in [0.1, 0.15) is 0 Å². The topological polar surface area (TPSA) is 63.1 Å². The quantitative estimate of drug-likeness (QED) is 0.802. The second-order valence-electron chi connectivity index (χ2n) is 3.35. The average molecular weight is 202 g/mol. The average Bonchev–Trinajstić information content (AvgIpc) is 2.18. The van der Waals surface area contributed by atoms with Crippen LogP contribution >= 0.6 is 0 Å². The molecule has 0 radical (unpaired) electrons. The Hall–Kier alpha value is -1.97. The first-order chi connectivity index (χ1) is 7.16. The van der Waals surface area contributed by atoms with Crippen molar-refractivity contribution in [3.8, 4) is 0 Å². The van der Waals surface area contributed by atoms with Crippen LogP contribution in [0.3, 0.4) is 0 Å². The number of carboxylic acids is 1. The maximum absolute atomic E-state index is 10.6. The highest BCUT2D eigenvalue weighted by molar-refractivity contribution is 5.84. The molecule has 0 aromatic carbocycles. The van der Waals surface area contributed by atoms with E-state index in [-0.39, 0.29) is 6.42 Å². The Kier molecular flexibility index (Phi) is 2.33. The smallest absolute Gasteiger partial charge is 0.309 e. The van der Waals surface area contributed by atoms with Crippen molar-refractivity contribution in [2.24, 2.45) is 0 Å². The lowest BCUT2D eigenvalue weighted by Crippen LogP contribution is -2.03. The van der Waals surface area contributed by atoms with Gasteiger partial charge in [0.05, 0.1) is 17.6 Å². The minimum Gasteiger partial charge on any atom is -0.481 e. The summed E-state index contributed by atoms with van der Waals surface area (Å²) in [5, 5.41) is 9.65. The van der Waals surface area contributed by atoms with Gasteiger partial charge >= 0.3 is 5.97 Å². The second-order valence-corrected chi connectivity index (χ2v) is 3.35. The van der Waals surface area contributed by atoms with Crippen molar-refractivity contribution in [1.29, 1.82) is 0 Å². The summed E-state index contributed by atoms with van der Waals surface area (Å²) >= 11 is 0. The molecule has 2 aromatic rings. The number of hydrogen-bond donors (Lipinski definition) is 1. The molecule has 1 N–H and O–H groups in total. The van der Waals surface area contributed by atoms with Crippen LogP contribution in [0, 0.1) is 6.92 Å². The maximum atomic E-state index is 10.6. The van der Waals surface area contributed by atoms with Gasteiger partial charge < -0.3 is 5.11 Å². The molecule has 0 saturated heterocycles. The van der Waals surface area contributed by atoms with Gasteiger partial charge in [0.15, 0.2) is 0 Å². The summed E-state index contributed by atoms with van der Waals surface area (Å²) in [7, 11) is 0. The number of fused-ring (bicyclic) bond motifs is 1. The molecule has 0 bridgehead atoms. The molecule has 4 heteroatoms. The summed E-state index contributed by atoms with van der Waals surface area (Å²) in [5.74, 6) is -0.890. The van der Waals surface area contributed by atoms with E-state index in [0.29, 0.717) is 11.2 Å². The Morgan fingerprint density at radius 1 is 1.40 bits per heavy atom. The first-order valence-corrected chi connectivity index (χ1v) is 4.60. The van der Waals surface area contributed by atoms with Crippen LogP contribution in [0.25, 0.3) is 10.9 Å². The molecule has 4 nitrogen and oxygen atoms in total. The molecular formula is C11H10N2O2. The van der Waals surface area contributed by atoms with Gasteiger partial charge in [-0.15, -0.1) is 0 Å². The van der Waals surface area contributed by atoms with Gasteiger partial charge in [-0.3, -0.25) is 14.8 Å². The van der Waals surface area contributed by atoms with Crippen molar-refractivity contribution >= 4 is 16.9 Å². The standard InChI is InChI=1S/C11H10N2O2/c1-7-2-3-8-4-5-12-9(6-10(14)15)11(8)13-7/h2-5H,6H2,1H3,(H,14,15). The molecule has 0 saturated carbocycles. The molecular weight excluding hydrogens is 192 g/mol. The zero-order valence-electron chi connectivity index (χ0n) is 8.27. The molecule has 2 heterocycles. The van der Waals surface area contributed by atoms with Crippen LogP contribution in [0.4, 0.5) is 0 Å². The minimum absolute atomic E-state index is 0.0895. The largest absolute Gasteiger partial charge is 0.481 e. The third-order valence-electron chi connectivity index (χ3n) is 2.14. The fourth-order valence-electron chi connectivity index (χ4n) is 1.47. The van der Waals surface area contributed by atoms with Crippen LogP contribution in [0.2, 0.25) is 0 Å². The lowest BCUT2D eigenvalue weighted by Gasteiger charge is -2.02. The molecule has 0 spiro atoms. The summed E-state index contributed by atoms with van der Waals surface area (Å²) in [6.45, 7) is 1.87. The van der Waals surface area contributed by atoms with E-state index in [1.165, 1.54) is 0 Å². The SMILES string of the molecule is Cc1ccc2ccnc(CC(=O)O)c2n1. The Balaban J connectivity index is 2.63. The molecule has 15 heavy (non-hydrogen) atoms. The fraction of sp³-hybridized carbons (Fsp3) is 0.182. The highest BCUT2D eigenvalue weighted by Crippen LogP contribution is 2.15. The van der Waals surface area contributed by atoms with Crippen molar-refractivity contribution in [2.45, 2.75) is 13.3 Å². The van der Waals surface area contributed by atoms with Crippen LogP contribution in [0.1, 0.15) is 11.4 Å². The normalized spacial score (nSPS) is 10.5. The molecule has 0 aliphatic carbocycles. The van der Waals surface area contributed by atoms with Crippen LogP contribution in [0.5, 0.6) is 0 Å². The predicted molar refractivity (Wildman–Crippen MR) is 55.6 cm³/mol. The van der Waals surface area contributed by atoms with Crippen molar-refractivity contribution in [3.63, 3.8) is 0 Å². The van der Waals surface area contributed by atoms with Crippen LogP contribution in [-0.2, 0) is 11.2 Å². The summed E-state index contributed by atoms with van der Waals surface area (Å²) in [4.78, 5) is 19.0. The lowest BCUT2D eigenvalue weighted by atomic mass is 10.1. The Morgan fingerprint density at radius 3 is 2.93 bits per heavy atom. The summed E-state index contributed by atoms with van der Waals surface area (Å²) in [6.07, 6.45) is 1.52. The van der Waals surface area contributed by atoms with Gasteiger partial charge in [-0.05, 0) is 19.1 Å². The highest BCUT2D eigenvalue weighted by atomic mass is 16.4. The lowest BCUT2D eigenvalue weighted by molar-refractivity contribution is -0.136. The predicted octanol–water partition coefficient (Wildman–Crippen LogP) is 1.57. The van der Waals surface area contributed by atoms with Crippen molar-refractivity contribution in [1.82, 2.24) is 9.97 Å². The number of carboxylic acid groups (broad SMARTS) is 1. The monoisotopic (exact) mass is 202 g/mol. The van der Waals surface area contributed by atoms with E-state index in [9.17, 15) is 4.79 Å². The molecule has 2 rings (SSSR count). The molecule has 0 amide bonds.